The molecule has 0 atom stereocenters. The predicted octanol–water partition coefficient (Wildman–Crippen LogP) is 3.39. The van der Waals surface area contributed by atoms with Crippen LogP contribution in [-0.2, 0) is 20.9 Å². The molecule has 0 aliphatic carbocycles. The van der Waals surface area contributed by atoms with Gasteiger partial charge in [-0.25, -0.2) is 9.59 Å². The van der Waals surface area contributed by atoms with Crippen molar-refractivity contribution in [2.45, 2.75) is 6.61 Å². The number of esters is 2. The number of nitrogens with zero attached hydrogens (tertiary/aromatic N) is 1. The summed E-state index contributed by atoms with van der Waals surface area (Å²) < 4.78 is 20.3. The molecule has 0 unspecified atom stereocenters. The van der Waals surface area contributed by atoms with Gasteiger partial charge in [0.1, 0.15) is 23.4 Å². The van der Waals surface area contributed by atoms with Crippen molar-refractivity contribution in [1.29, 1.82) is 0 Å². The molecule has 134 valence electrons. The first kappa shape index (κ1) is 17.8. The normalized spacial score (nSPS) is 10.5. The summed E-state index contributed by atoms with van der Waals surface area (Å²) in [5, 5.41) is 1.26. The van der Waals surface area contributed by atoms with Crippen LogP contribution < -0.4 is 4.74 Å². The van der Waals surface area contributed by atoms with Crippen LogP contribution in [0.1, 0.15) is 16.1 Å². The summed E-state index contributed by atoms with van der Waals surface area (Å²) in [7, 11) is 1.25. The molecule has 0 aliphatic heterocycles. The summed E-state index contributed by atoms with van der Waals surface area (Å²) in [6, 6.07) is 8.30. The quantitative estimate of drug-likeness (QED) is 0.610. The number of fused-ring (bicyclic) bond motifs is 1. The lowest BCUT2D eigenvalue weighted by atomic mass is 10.2. The molecule has 3 aromatic rings. The van der Waals surface area contributed by atoms with Crippen molar-refractivity contribution < 1.29 is 28.2 Å². The van der Waals surface area contributed by atoms with Gasteiger partial charge in [-0.2, -0.15) is 0 Å². The summed E-state index contributed by atoms with van der Waals surface area (Å²) in [6.07, 6.45) is 2.92. The van der Waals surface area contributed by atoms with Crippen molar-refractivity contribution >= 4 is 34.4 Å². The summed E-state index contributed by atoms with van der Waals surface area (Å²) in [6.45, 7) is -0.541. The highest BCUT2D eigenvalue weighted by Gasteiger charge is 2.17. The van der Waals surface area contributed by atoms with Crippen molar-refractivity contribution in [3.05, 3.63) is 59.1 Å². The lowest BCUT2D eigenvalue weighted by Crippen LogP contribution is -2.15. The molecule has 0 spiro atoms. The van der Waals surface area contributed by atoms with Gasteiger partial charge in [0.2, 0.25) is 0 Å². The van der Waals surface area contributed by atoms with Crippen molar-refractivity contribution in [2.75, 3.05) is 13.7 Å². The number of halogens is 1. The molecule has 0 N–H and O–H groups in total. The van der Waals surface area contributed by atoms with Crippen LogP contribution in [0.3, 0.4) is 0 Å². The number of hydrogen-bond acceptors (Lipinski definition) is 7. The van der Waals surface area contributed by atoms with Crippen LogP contribution in [0, 0.1) is 0 Å². The number of hydrogen-bond donors (Lipinski definition) is 0. The molecule has 7 nitrogen and oxygen atoms in total. The van der Waals surface area contributed by atoms with Crippen LogP contribution in [0.5, 0.6) is 5.75 Å². The first-order valence-electron chi connectivity index (χ1n) is 7.56. The molecule has 0 radical (unpaired) electrons. The zero-order chi connectivity index (χ0) is 18.5. The van der Waals surface area contributed by atoms with Gasteiger partial charge in [-0.1, -0.05) is 11.6 Å². The lowest BCUT2D eigenvalue weighted by Gasteiger charge is -2.09. The number of furan rings is 1. The number of benzene rings is 1. The van der Waals surface area contributed by atoms with E-state index in [4.69, 9.17) is 25.5 Å². The smallest absolute Gasteiger partial charge is 0.344 e. The van der Waals surface area contributed by atoms with E-state index in [0.717, 1.165) is 5.39 Å². The highest BCUT2D eigenvalue weighted by molar-refractivity contribution is 6.35. The highest BCUT2D eigenvalue weighted by Crippen LogP contribution is 2.29. The van der Waals surface area contributed by atoms with Crippen LogP contribution in [0.4, 0.5) is 0 Å². The molecule has 2 aromatic heterocycles. The van der Waals surface area contributed by atoms with E-state index in [2.05, 4.69) is 9.72 Å². The molecule has 0 saturated heterocycles. The Balaban J connectivity index is 1.61. The maximum Gasteiger partial charge on any atom is 0.344 e. The maximum atomic E-state index is 11.9. The minimum absolute atomic E-state index is 0.198. The second-order valence-corrected chi connectivity index (χ2v) is 5.55. The fourth-order valence-corrected chi connectivity index (χ4v) is 2.51. The molecule has 1 aromatic carbocycles. The second-order valence-electron chi connectivity index (χ2n) is 5.14. The summed E-state index contributed by atoms with van der Waals surface area (Å²) >= 11 is 6.12. The minimum atomic E-state index is -0.628. The summed E-state index contributed by atoms with van der Waals surface area (Å²) in [4.78, 5) is 27.7. The third kappa shape index (κ3) is 3.78. The van der Waals surface area contributed by atoms with E-state index < -0.39 is 11.9 Å². The monoisotopic (exact) mass is 375 g/mol. The van der Waals surface area contributed by atoms with E-state index in [9.17, 15) is 9.59 Å². The van der Waals surface area contributed by atoms with Crippen molar-refractivity contribution in [3.8, 4) is 5.75 Å². The zero-order valence-electron chi connectivity index (χ0n) is 13.7. The molecule has 0 bridgehead atoms. The fraction of sp³-hybridized carbons (Fsp3) is 0.167. The fourth-order valence-electron chi connectivity index (χ4n) is 2.30. The second kappa shape index (κ2) is 7.88. The molecule has 8 heteroatoms. The molecule has 3 rings (SSSR count). The average Bonchev–Trinajstić information content (AvgIpc) is 3.14. The van der Waals surface area contributed by atoms with Crippen LogP contribution in [0.25, 0.3) is 10.9 Å². The van der Waals surface area contributed by atoms with Gasteiger partial charge in [-0.05, 0) is 30.3 Å². The highest BCUT2D eigenvalue weighted by atomic mass is 35.5. The van der Waals surface area contributed by atoms with Crippen LogP contribution >= 0.6 is 11.6 Å². The van der Waals surface area contributed by atoms with Crippen molar-refractivity contribution in [1.82, 2.24) is 4.98 Å². The SMILES string of the molecule is COC(=O)c1ccoc1COC(=O)COc1ccc(Cl)c2cccnc12. The first-order valence-corrected chi connectivity index (χ1v) is 7.94. The number of pyridine rings is 1. The molecular formula is C18H14ClNO6. The van der Waals surface area contributed by atoms with E-state index >= 15 is 0 Å². The number of aromatic nitrogens is 1. The van der Waals surface area contributed by atoms with E-state index in [0.29, 0.717) is 16.3 Å². The molecule has 0 fully saturated rings. The van der Waals surface area contributed by atoms with E-state index in [1.165, 1.54) is 19.4 Å². The van der Waals surface area contributed by atoms with Gasteiger partial charge in [0.25, 0.3) is 0 Å². The van der Waals surface area contributed by atoms with Gasteiger partial charge in [-0.3, -0.25) is 4.98 Å². The molecule has 0 aliphatic rings. The first-order chi connectivity index (χ1) is 12.6. The van der Waals surface area contributed by atoms with Crippen LogP contribution in [-0.4, -0.2) is 30.6 Å². The standard InChI is InChI=1S/C18H14ClNO6/c1-23-18(22)12-6-8-24-15(12)9-26-16(21)10-25-14-5-4-13(19)11-3-2-7-20-17(11)14/h2-8H,9-10H2,1H3. The zero-order valence-corrected chi connectivity index (χ0v) is 14.5. The number of methoxy groups -OCH3 is 1. The van der Waals surface area contributed by atoms with Crippen LogP contribution in [0.2, 0.25) is 5.02 Å². The van der Waals surface area contributed by atoms with Crippen molar-refractivity contribution in [3.63, 3.8) is 0 Å². The molecule has 26 heavy (non-hydrogen) atoms. The third-order valence-corrected chi connectivity index (χ3v) is 3.87. The van der Waals surface area contributed by atoms with Gasteiger partial charge < -0.3 is 18.6 Å². The Labute approximate surface area is 153 Å². The molecule has 0 saturated carbocycles. The van der Waals surface area contributed by atoms with Crippen LogP contribution in [0.15, 0.2) is 47.2 Å². The summed E-state index contributed by atoms with van der Waals surface area (Å²) in [5.41, 5.74) is 0.751. The Morgan fingerprint density at radius 2 is 2.08 bits per heavy atom. The van der Waals surface area contributed by atoms with Gasteiger partial charge >= 0.3 is 11.9 Å². The van der Waals surface area contributed by atoms with Crippen molar-refractivity contribution in [2.24, 2.45) is 0 Å². The lowest BCUT2D eigenvalue weighted by molar-refractivity contribution is -0.147. The minimum Gasteiger partial charge on any atom is -0.480 e. The Morgan fingerprint density at radius 3 is 2.88 bits per heavy atom. The van der Waals surface area contributed by atoms with Gasteiger partial charge in [0, 0.05) is 11.6 Å². The maximum absolute atomic E-state index is 11.9. The Morgan fingerprint density at radius 1 is 1.23 bits per heavy atom. The molecule has 0 amide bonds. The number of carbonyl (C=O) groups excluding carboxylic acids is 2. The third-order valence-electron chi connectivity index (χ3n) is 3.54. The Kier molecular flexibility index (Phi) is 5.38. The number of carbonyl (C=O) groups is 2. The number of rotatable bonds is 6. The molecule has 2 heterocycles. The largest absolute Gasteiger partial charge is 0.480 e. The van der Waals surface area contributed by atoms with E-state index in [-0.39, 0.29) is 24.5 Å². The topological polar surface area (TPSA) is 87.9 Å². The van der Waals surface area contributed by atoms with E-state index in [1.807, 2.05) is 0 Å². The van der Waals surface area contributed by atoms with E-state index in [1.54, 1.807) is 30.5 Å². The van der Waals surface area contributed by atoms with Gasteiger partial charge in [0.05, 0.1) is 18.4 Å². The van der Waals surface area contributed by atoms with Gasteiger partial charge in [0.15, 0.2) is 12.4 Å². The summed E-state index contributed by atoms with van der Waals surface area (Å²) in [5.74, 6) is -0.588. The average molecular weight is 376 g/mol. The predicted molar refractivity (Wildman–Crippen MR) is 92.1 cm³/mol. The van der Waals surface area contributed by atoms with Gasteiger partial charge in [-0.15, -0.1) is 0 Å². The molecular weight excluding hydrogens is 362 g/mol. The Hall–Kier alpha value is -3.06. The Bertz CT molecular complexity index is 952. The number of ether oxygens (including phenoxy) is 3.